The van der Waals surface area contributed by atoms with Gasteiger partial charge in [0.2, 0.25) is 0 Å². The van der Waals surface area contributed by atoms with Crippen LogP contribution in [0.5, 0.6) is 0 Å². The van der Waals surface area contributed by atoms with Crippen LogP contribution in [0.15, 0.2) is 0 Å². The monoisotopic (exact) mass is 214 g/mol. The van der Waals surface area contributed by atoms with Crippen LogP contribution in [0.4, 0.5) is 0 Å². The zero-order valence-corrected chi connectivity index (χ0v) is 11.3. The van der Waals surface area contributed by atoms with Crippen LogP contribution >= 0.6 is 0 Å². The van der Waals surface area contributed by atoms with E-state index in [0.717, 1.165) is 13.1 Å². The molecule has 0 aromatic rings. The van der Waals surface area contributed by atoms with E-state index < -0.39 is 0 Å². The van der Waals surface area contributed by atoms with E-state index in [9.17, 15) is 0 Å². The normalized spacial score (nSPS) is 14.2. The SMILES string of the molecule is CCCCCC(C)(C)CNCC(C)NC. The molecule has 2 N–H and O–H groups in total. The Bertz CT molecular complexity index is 143. The Morgan fingerprint density at radius 2 is 1.87 bits per heavy atom. The zero-order valence-electron chi connectivity index (χ0n) is 11.3. The van der Waals surface area contributed by atoms with Gasteiger partial charge < -0.3 is 10.6 Å². The van der Waals surface area contributed by atoms with Crippen LogP contribution in [0, 0.1) is 5.41 Å². The van der Waals surface area contributed by atoms with Crippen molar-refractivity contribution in [2.45, 2.75) is 59.4 Å². The number of hydrogen-bond acceptors (Lipinski definition) is 2. The maximum Gasteiger partial charge on any atom is 0.0161 e. The fraction of sp³-hybridized carbons (Fsp3) is 1.00. The number of hydrogen-bond donors (Lipinski definition) is 2. The highest BCUT2D eigenvalue weighted by atomic mass is 15.0. The van der Waals surface area contributed by atoms with Gasteiger partial charge in [-0.15, -0.1) is 0 Å². The third-order valence-corrected chi connectivity index (χ3v) is 3.00. The first-order valence-corrected chi connectivity index (χ1v) is 6.40. The number of nitrogens with one attached hydrogen (secondary N) is 2. The molecule has 2 heteroatoms. The van der Waals surface area contributed by atoms with Crippen molar-refractivity contribution in [3.63, 3.8) is 0 Å². The summed E-state index contributed by atoms with van der Waals surface area (Å²) in [6.07, 6.45) is 5.39. The summed E-state index contributed by atoms with van der Waals surface area (Å²) < 4.78 is 0. The second-order valence-electron chi connectivity index (χ2n) is 5.44. The van der Waals surface area contributed by atoms with Crippen molar-refractivity contribution in [2.75, 3.05) is 20.1 Å². The predicted molar refractivity (Wildman–Crippen MR) is 69.3 cm³/mol. The Labute approximate surface area is 96.2 Å². The summed E-state index contributed by atoms with van der Waals surface area (Å²) in [5.41, 5.74) is 0.447. The van der Waals surface area contributed by atoms with Gasteiger partial charge in [-0.25, -0.2) is 0 Å². The van der Waals surface area contributed by atoms with Crippen molar-refractivity contribution in [3.05, 3.63) is 0 Å². The van der Waals surface area contributed by atoms with Crippen LogP contribution in [0.2, 0.25) is 0 Å². The van der Waals surface area contributed by atoms with Crippen molar-refractivity contribution >= 4 is 0 Å². The molecule has 0 aliphatic heterocycles. The highest BCUT2D eigenvalue weighted by Crippen LogP contribution is 2.22. The lowest BCUT2D eigenvalue weighted by Crippen LogP contribution is -2.38. The molecule has 0 heterocycles. The second kappa shape index (κ2) is 8.12. The maximum absolute atomic E-state index is 3.54. The summed E-state index contributed by atoms with van der Waals surface area (Å²) in [5, 5.41) is 6.78. The van der Waals surface area contributed by atoms with Gasteiger partial charge in [-0.1, -0.05) is 40.0 Å². The average molecular weight is 214 g/mol. The van der Waals surface area contributed by atoms with Gasteiger partial charge in [-0.05, 0) is 25.8 Å². The molecule has 2 nitrogen and oxygen atoms in total. The summed E-state index contributed by atoms with van der Waals surface area (Å²) in [4.78, 5) is 0. The van der Waals surface area contributed by atoms with Gasteiger partial charge in [-0.3, -0.25) is 0 Å². The third kappa shape index (κ3) is 8.88. The molecule has 0 aliphatic rings. The van der Waals surface area contributed by atoms with Crippen LogP contribution in [-0.4, -0.2) is 26.2 Å². The average Bonchev–Trinajstić information content (AvgIpc) is 2.17. The third-order valence-electron chi connectivity index (χ3n) is 3.00. The fourth-order valence-electron chi connectivity index (χ4n) is 1.67. The Hall–Kier alpha value is -0.0800. The lowest BCUT2D eigenvalue weighted by Gasteiger charge is -2.26. The first kappa shape index (κ1) is 14.9. The highest BCUT2D eigenvalue weighted by Gasteiger charge is 2.16. The molecule has 0 saturated heterocycles. The molecule has 0 fully saturated rings. The topological polar surface area (TPSA) is 24.1 Å². The Balaban J connectivity index is 3.54. The van der Waals surface area contributed by atoms with Gasteiger partial charge in [-0.2, -0.15) is 0 Å². The molecule has 0 saturated carbocycles. The molecule has 92 valence electrons. The number of unbranched alkanes of at least 4 members (excludes halogenated alkanes) is 2. The van der Waals surface area contributed by atoms with Crippen LogP contribution in [0.1, 0.15) is 53.4 Å². The van der Waals surface area contributed by atoms with E-state index in [2.05, 4.69) is 38.3 Å². The van der Waals surface area contributed by atoms with E-state index in [4.69, 9.17) is 0 Å². The van der Waals surface area contributed by atoms with E-state index in [1.165, 1.54) is 25.7 Å². The summed E-state index contributed by atoms with van der Waals surface area (Å²) in [6, 6.07) is 0.566. The second-order valence-corrected chi connectivity index (χ2v) is 5.44. The molecule has 0 rings (SSSR count). The summed E-state index contributed by atoms with van der Waals surface area (Å²) >= 11 is 0. The predicted octanol–water partition coefficient (Wildman–Crippen LogP) is 2.79. The van der Waals surface area contributed by atoms with Gasteiger partial charge >= 0.3 is 0 Å². The summed E-state index contributed by atoms with van der Waals surface area (Å²) in [6.45, 7) is 11.4. The van der Waals surface area contributed by atoms with Crippen molar-refractivity contribution < 1.29 is 0 Å². The van der Waals surface area contributed by atoms with Crippen LogP contribution in [-0.2, 0) is 0 Å². The zero-order chi connectivity index (χ0) is 11.7. The van der Waals surface area contributed by atoms with Crippen molar-refractivity contribution in [3.8, 4) is 0 Å². The fourth-order valence-corrected chi connectivity index (χ4v) is 1.67. The minimum Gasteiger partial charge on any atom is -0.316 e. The minimum atomic E-state index is 0.447. The van der Waals surface area contributed by atoms with Gasteiger partial charge in [0.25, 0.3) is 0 Å². The van der Waals surface area contributed by atoms with Crippen molar-refractivity contribution in [2.24, 2.45) is 5.41 Å². The van der Waals surface area contributed by atoms with Gasteiger partial charge in [0.1, 0.15) is 0 Å². The largest absolute Gasteiger partial charge is 0.316 e. The molecule has 0 amide bonds. The molecule has 0 aromatic heterocycles. The Kier molecular flexibility index (Phi) is 8.07. The molecule has 0 bridgehead atoms. The van der Waals surface area contributed by atoms with E-state index in [-0.39, 0.29) is 0 Å². The Morgan fingerprint density at radius 3 is 2.40 bits per heavy atom. The quantitative estimate of drug-likeness (QED) is 0.577. The van der Waals surface area contributed by atoms with E-state index >= 15 is 0 Å². The molecule has 0 spiro atoms. The van der Waals surface area contributed by atoms with Gasteiger partial charge in [0.15, 0.2) is 0 Å². The summed E-state index contributed by atoms with van der Waals surface area (Å²) in [5.74, 6) is 0. The lowest BCUT2D eigenvalue weighted by molar-refractivity contribution is 0.298. The first-order chi connectivity index (χ1) is 7.02. The molecule has 1 unspecified atom stereocenters. The standard InChI is InChI=1S/C13H30N2/c1-6-7-8-9-13(3,4)11-15-10-12(2)14-5/h12,14-15H,6-11H2,1-5H3. The molecule has 0 radical (unpaired) electrons. The number of rotatable bonds is 9. The minimum absolute atomic E-state index is 0.447. The van der Waals surface area contributed by atoms with Crippen molar-refractivity contribution in [1.29, 1.82) is 0 Å². The summed E-state index contributed by atoms with van der Waals surface area (Å²) in [7, 11) is 2.01. The van der Waals surface area contributed by atoms with Gasteiger partial charge in [0.05, 0.1) is 0 Å². The maximum atomic E-state index is 3.54. The first-order valence-electron chi connectivity index (χ1n) is 6.40. The van der Waals surface area contributed by atoms with Crippen LogP contribution in [0.3, 0.4) is 0 Å². The molecule has 0 aliphatic carbocycles. The van der Waals surface area contributed by atoms with Crippen LogP contribution in [0.25, 0.3) is 0 Å². The smallest absolute Gasteiger partial charge is 0.0161 e. The highest BCUT2D eigenvalue weighted by molar-refractivity contribution is 4.73. The number of likely N-dealkylation sites (N-methyl/N-ethyl adjacent to an activating group) is 1. The molecule has 0 aromatic carbocycles. The van der Waals surface area contributed by atoms with Crippen LogP contribution < -0.4 is 10.6 Å². The molecule has 15 heavy (non-hydrogen) atoms. The molecule has 1 atom stereocenters. The van der Waals surface area contributed by atoms with Crippen molar-refractivity contribution in [1.82, 2.24) is 10.6 Å². The van der Waals surface area contributed by atoms with E-state index in [1.807, 2.05) is 7.05 Å². The molecular formula is C13H30N2. The van der Waals surface area contributed by atoms with E-state index in [1.54, 1.807) is 0 Å². The molecular weight excluding hydrogens is 184 g/mol. The van der Waals surface area contributed by atoms with Gasteiger partial charge in [0, 0.05) is 19.1 Å². The lowest BCUT2D eigenvalue weighted by atomic mass is 9.87. The Morgan fingerprint density at radius 1 is 1.20 bits per heavy atom. The van der Waals surface area contributed by atoms with E-state index in [0.29, 0.717) is 11.5 Å².